The van der Waals surface area contributed by atoms with Crippen LogP contribution in [0.15, 0.2) is 33.7 Å². The number of nitrogens with zero attached hydrogens (tertiary/aromatic N) is 1. The van der Waals surface area contributed by atoms with Crippen molar-refractivity contribution in [2.75, 3.05) is 19.5 Å². The Morgan fingerprint density at radius 3 is 2.91 bits per heavy atom. The van der Waals surface area contributed by atoms with Crippen molar-refractivity contribution in [3.63, 3.8) is 0 Å². The number of aromatic nitrogens is 1. The smallest absolute Gasteiger partial charge is 0.355 e. The monoisotopic (exact) mass is 501 g/mol. The predicted molar refractivity (Wildman–Crippen MR) is 129 cm³/mol. The maximum atomic E-state index is 11.0. The minimum atomic E-state index is -0.994. The highest BCUT2D eigenvalue weighted by Gasteiger charge is 2.42. The molecule has 4 unspecified atom stereocenters. The summed E-state index contributed by atoms with van der Waals surface area (Å²) in [5.74, 6) is 1.38. The van der Waals surface area contributed by atoms with Gasteiger partial charge in [-0.05, 0) is 43.8 Å². The zero-order valence-corrected chi connectivity index (χ0v) is 20.9. The topological polar surface area (TPSA) is 88.9 Å². The second-order valence-corrected chi connectivity index (χ2v) is 11.1. The third-order valence-corrected chi connectivity index (χ3v) is 8.90. The molecular formula is C23H32ClNO5S2. The number of carboxylic acid groups (broad SMARTS) is 1. The lowest BCUT2D eigenvalue weighted by Crippen LogP contribution is -2.26. The van der Waals surface area contributed by atoms with E-state index in [1.54, 1.807) is 24.3 Å². The Bertz CT molecular complexity index is 814. The number of carboxylic acids is 1. The van der Waals surface area contributed by atoms with E-state index in [9.17, 15) is 9.90 Å². The highest BCUT2D eigenvalue weighted by molar-refractivity contribution is 8.01. The third kappa shape index (κ3) is 6.73. The van der Waals surface area contributed by atoms with Crippen LogP contribution >= 0.6 is 34.7 Å². The average Bonchev–Trinajstić information content (AvgIpc) is 3.38. The van der Waals surface area contributed by atoms with Gasteiger partial charge in [0.2, 0.25) is 0 Å². The Labute approximate surface area is 203 Å². The molecule has 6 nitrogen and oxygen atoms in total. The molecule has 9 heteroatoms. The van der Waals surface area contributed by atoms with Gasteiger partial charge in [-0.1, -0.05) is 31.2 Å². The Balaban J connectivity index is 1.50. The minimum absolute atomic E-state index is 0.00295. The van der Waals surface area contributed by atoms with Crippen molar-refractivity contribution in [1.82, 2.24) is 4.98 Å². The molecule has 1 aromatic heterocycles. The molecule has 0 spiro atoms. The molecule has 0 amide bonds. The molecule has 0 bridgehead atoms. The number of aromatic carboxylic acids is 1. The lowest BCUT2D eigenvalue weighted by atomic mass is 9.91. The van der Waals surface area contributed by atoms with E-state index in [2.05, 4.69) is 18.0 Å². The summed E-state index contributed by atoms with van der Waals surface area (Å²) in [6.07, 6.45) is 10.2. The van der Waals surface area contributed by atoms with E-state index in [4.69, 9.17) is 26.2 Å². The SMILES string of the molecule is CCCC(O)C1C=CC(OC[C@H]2C(Cl)C(OC)C[C@@H]2CCSc2nc(C(=O)O)cs2)=CC1. The Morgan fingerprint density at radius 1 is 1.47 bits per heavy atom. The van der Waals surface area contributed by atoms with Crippen molar-refractivity contribution < 1.29 is 24.5 Å². The number of aliphatic hydroxyl groups excluding tert-OH is 1. The molecular weight excluding hydrogens is 470 g/mol. The van der Waals surface area contributed by atoms with Gasteiger partial charge in [0.25, 0.3) is 0 Å². The molecule has 2 aliphatic carbocycles. The van der Waals surface area contributed by atoms with E-state index < -0.39 is 5.97 Å². The standard InChI is InChI=1S/C23H32ClNO5S2/c1-3-4-19(26)14-5-7-16(8-6-14)30-12-17-15(11-20(29-2)21(17)24)9-10-31-23-25-18(13-32-23)22(27)28/h5,7-8,13-15,17,19-21,26H,3-4,6,9-12H2,1-2H3,(H,27,28)/t14?,15-,17+,19?,20?,21?/m0/s1. The Hall–Kier alpha value is -1.06. The maximum absolute atomic E-state index is 11.0. The van der Waals surface area contributed by atoms with E-state index in [0.29, 0.717) is 12.5 Å². The van der Waals surface area contributed by atoms with Crippen molar-refractivity contribution >= 4 is 40.7 Å². The van der Waals surface area contributed by atoms with Gasteiger partial charge in [-0.3, -0.25) is 0 Å². The molecule has 1 heterocycles. The summed E-state index contributed by atoms with van der Waals surface area (Å²) in [4.78, 5) is 15.1. The number of aliphatic hydroxyl groups is 1. The summed E-state index contributed by atoms with van der Waals surface area (Å²) in [5.41, 5.74) is 0.100. The number of rotatable bonds is 12. The summed E-state index contributed by atoms with van der Waals surface area (Å²) in [7, 11) is 1.70. The number of thiazole rings is 1. The van der Waals surface area contributed by atoms with Crippen molar-refractivity contribution in [1.29, 1.82) is 0 Å². The molecule has 0 radical (unpaired) electrons. The van der Waals surface area contributed by atoms with Crippen LogP contribution in [-0.4, -0.2) is 58.2 Å². The number of carbonyl (C=O) groups is 1. The number of ether oxygens (including phenoxy) is 2. The first kappa shape index (κ1) is 25.6. The number of hydrogen-bond acceptors (Lipinski definition) is 7. The van der Waals surface area contributed by atoms with Crippen molar-refractivity contribution in [3.05, 3.63) is 35.1 Å². The summed E-state index contributed by atoms with van der Waals surface area (Å²) >= 11 is 9.68. The van der Waals surface area contributed by atoms with Crippen LogP contribution in [0.2, 0.25) is 0 Å². The second-order valence-electron chi connectivity index (χ2n) is 8.35. The van der Waals surface area contributed by atoms with E-state index in [1.807, 2.05) is 12.2 Å². The fraction of sp³-hybridized carbons (Fsp3) is 0.652. The Morgan fingerprint density at radius 2 is 2.28 bits per heavy atom. The lowest BCUT2D eigenvalue weighted by Gasteiger charge is -2.25. The predicted octanol–water partition coefficient (Wildman–Crippen LogP) is 5.22. The molecule has 1 fully saturated rings. The molecule has 1 saturated carbocycles. The van der Waals surface area contributed by atoms with Gasteiger partial charge in [0, 0.05) is 30.1 Å². The van der Waals surface area contributed by atoms with Gasteiger partial charge in [-0.15, -0.1) is 22.9 Å². The highest BCUT2D eigenvalue weighted by Crippen LogP contribution is 2.41. The molecule has 2 N–H and O–H groups in total. The Kier molecular flexibility index (Phi) is 9.92. The molecule has 0 aliphatic heterocycles. The first-order valence-electron chi connectivity index (χ1n) is 11.1. The van der Waals surface area contributed by atoms with Crippen LogP contribution in [0.5, 0.6) is 0 Å². The number of allylic oxidation sites excluding steroid dienone is 2. The van der Waals surface area contributed by atoms with Gasteiger partial charge in [0.1, 0.15) is 5.76 Å². The van der Waals surface area contributed by atoms with Crippen LogP contribution in [0.25, 0.3) is 0 Å². The van der Waals surface area contributed by atoms with Gasteiger partial charge in [-0.25, -0.2) is 9.78 Å². The van der Waals surface area contributed by atoms with Crippen LogP contribution in [0.1, 0.15) is 49.5 Å². The van der Waals surface area contributed by atoms with E-state index in [1.165, 1.54) is 11.3 Å². The van der Waals surface area contributed by atoms with E-state index >= 15 is 0 Å². The molecule has 0 saturated heterocycles. The summed E-state index contributed by atoms with van der Waals surface area (Å²) in [6.45, 7) is 2.61. The van der Waals surface area contributed by atoms with Crippen LogP contribution in [0.3, 0.4) is 0 Å². The number of methoxy groups -OCH3 is 1. The van der Waals surface area contributed by atoms with Gasteiger partial charge in [0.15, 0.2) is 10.0 Å². The fourth-order valence-electron chi connectivity index (χ4n) is 4.36. The number of hydrogen-bond donors (Lipinski definition) is 2. The van der Waals surface area contributed by atoms with Gasteiger partial charge in [-0.2, -0.15) is 0 Å². The number of halogens is 1. The first-order chi connectivity index (χ1) is 15.4. The molecule has 0 aromatic carbocycles. The average molecular weight is 502 g/mol. The minimum Gasteiger partial charge on any atom is -0.494 e. The highest BCUT2D eigenvalue weighted by atomic mass is 35.5. The van der Waals surface area contributed by atoms with Crippen LogP contribution in [-0.2, 0) is 9.47 Å². The van der Waals surface area contributed by atoms with Gasteiger partial charge in [0.05, 0.1) is 24.2 Å². The van der Waals surface area contributed by atoms with Gasteiger partial charge < -0.3 is 19.7 Å². The van der Waals surface area contributed by atoms with Crippen molar-refractivity contribution in [2.45, 2.75) is 61.0 Å². The summed E-state index contributed by atoms with van der Waals surface area (Å²) < 4.78 is 12.5. The van der Waals surface area contributed by atoms with Gasteiger partial charge >= 0.3 is 5.97 Å². The molecule has 178 valence electrons. The molecule has 3 rings (SSSR count). The lowest BCUT2D eigenvalue weighted by molar-refractivity contribution is 0.0690. The maximum Gasteiger partial charge on any atom is 0.355 e. The number of alkyl halides is 1. The molecule has 1 aromatic rings. The largest absolute Gasteiger partial charge is 0.494 e. The zero-order chi connectivity index (χ0) is 23.1. The van der Waals surface area contributed by atoms with Crippen molar-refractivity contribution in [3.8, 4) is 0 Å². The van der Waals surface area contributed by atoms with Crippen LogP contribution in [0.4, 0.5) is 0 Å². The van der Waals surface area contributed by atoms with E-state index in [0.717, 1.165) is 48.0 Å². The molecule has 32 heavy (non-hydrogen) atoms. The van der Waals surface area contributed by atoms with Crippen molar-refractivity contribution in [2.24, 2.45) is 17.8 Å². The normalized spacial score (nSPS) is 28.5. The first-order valence-corrected chi connectivity index (χ1v) is 13.4. The van der Waals surface area contributed by atoms with Crippen LogP contribution in [0, 0.1) is 17.8 Å². The van der Waals surface area contributed by atoms with Crippen LogP contribution < -0.4 is 0 Å². The molecule has 2 aliphatic rings. The summed E-state index contributed by atoms with van der Waals surface area (Å²) in [6, 6.07) is 0. The fourth-order valence-corrected chi connectivity index (χ4v) is 6.78. The third-order valence-electron chi connectivity index (χ3n) is 6.24. The quantitative estimate of drug-likeness (QED) is 0.300. The summed E-state index contributed by atoms with van der Waals surface area (Å²) in [5, 5.41) is 20.7. The second kappa shape index (κ2) is 12.4. The molecule has 6 atom stereocenters. The zero-order valence-electron chi connectivity index (χ0n) is 18.5. The number of thioether (sulfide) groups is 1. The van der Waals surface area contributed by atoms with E-state index in [-0.39, 0.29) is 35.1 Å².